The quantitative estimate of drug-likeness (QED) is 0.879. The van der Waals surface area contributed by atoms with Crippen molar-refractivity contribution in [3.63, 3.8) is 0 Å². The molecule has 1 N–H and O–H groups in total. The smallest absolute Gasteiger partial charge is 0.247 e. The Hall–Kier alpha value is -1.44. The van der Waals surface area contributed by atoms with Crippen LogP contribution >= 0.6 is 0 Å². The highest BCUT2D eigenvalue weighted by molar-refractivity contribution is 7.91. The molecule has 3 rings (SSSR count). The number of rotatable bonds is 3. The average molecular weight is 311 g/mol. The summed E-state index contributed by atoms with van der Waals surface area (Å²) < 4.78 is 23.0. The van der Waals surface area contributed by atoms with Gasteiger partial charge in [0.2, 0.25) is 5.95 Å². The third-order valence-corrected chi connectivity index (χ3v) is 5.97. The second-order valence-corrected chi connectivity index (χ2v) is 8.28. The fourth-order valence-electron chi connectivity index (χ4n) is 2.82. The normalized spacial score (nSPS) is 26.0. The molecule has 7 nitrogen and oxygen atoms in total. The molecule has 1 aromatic heterocycles. The van der Waals surface area contributed by atoms with Crippen molar-refractivity contribution in [3.8, 4) is 0 Å². The Morgan fingerprint density at radius 3 is 2.71 bits per heavy atom. The lowest BCUT2D eigenvalue weighted by atomic mass is 10.00. The topological polar surface area (TPSA) is 88.1 Å². The van der Waals surface area contributed by atoms with Crippen molar-refractivity contribution in [2.45, 2.75) is 32.2 Å². The summed E-state index contributed by atoms with van der Waals surface area (Å²) in [5.74, 6) is 2.42. The van der Waals surface area contributed by atoms with Crippen LogP contribution < -0.4 is 10.2 Å². The van der Waals surface area contributed by atoms with Gasteiger partial charge in [-0.05, 0) is 25.2 Å². The Labute approximate surface area is 125 Å². The molecule has 2 aliphatic rings. The Balaban J connectivity index is 1.66. The summed E-state index contributed by atoms with van der Waals surface area (Å²) in [6.45, 7) is 4.16. The third-order valence-electron chi connectivity index (χ3n) is 4.20. The first kappa shape index (κ1) is 14.5. The number of sulfone groups is 1. The van der Waals surface area contributed by atoms with E-state index in [1.54, 1.807) is 6.20 Å². The van der Waals surface area contributed by atoms with Crippen LogP contribution in [0.3, 0.4) is 0 Å². The molecule has 1 unspecified atom stereocenters. The summed E-state index contributed by atoms with van der Waals surface area (Å²) in [5.41, 5.74) is 0. The first-order chi connectivity index (χ1) is 10.0. The predicted molar refractivity (Wildman–Crippen MR) is 81.1 cm³/mol. The Morgan fingerprint density at radius 2 is 2.05 bits per heavy atom. The summed E-state index contributed by atoms with van der Waals surface area (Å²) >= 11 is 0. The zero-order valence-corrected chi connectivity index (χ0v) is 13.0. The van der Waals surface area contributed by atoms with E-state index < -0.39 is 9.84 Å². The minimum atomic E-state index is -2.89. The summed E-state index contributed by atoms with van der Waals surface area (Å²) in [4.78, 5) is 6.62. The van der Waals surface area contributed by atoms with Crippen LogP contribution in [0.25, 0.3) is 0 Å². The molecule has 0 saturated carbocycles. The van der Waals surface area contributed by atoms with Crippen molar-refractivity contribution < 1.29 is 8.42 Å². The SMILES string of the molecule is CC1CCN(c2nncc(NC3CCS(=O)(=O)C3)n2)CC1. The van der Waals surface area contributed by atoms with Crippen LogP contribution in [-0.2, 0) is 9.84 Å². The van der Waals surface area contributed by atoms with E-state index >= 15 is 0 Å². The van der Waals surface area contributed by atoms with Crippen molar-refractivity contribution in [2.75, 3.05) is 34.8 Å². The van der Waals surface area contributed by atoms with E-state index in [9.17, 15) is 8.42 Å². The minimum Gasteiger partial charge on any atom is -0.365 e. The van der Waals surface area contributed by atoms with E-state index in [4.69, 9.17) is 0 Å². The second kappa shape index (κ2) is 5.75. The van der Waals surface area contributed by atoms with E-state index in [1.807, 2.05) is 0 Å². The Morgan fingerprint density at radius 1 is 1.29 bits per heavy atom. The molecule has 1 atom stereocenters. The van der Waals surface area contributed by atoms with E-state index in [-0.39, 0.29) is 17.5 Å². The Kier molecular flexibility index (Phi) is 3.97. The maximum atomic E-state index is 11.5. The van der Waals surface area contributed by atoms with Crippen LogP contribution in [-0.4, -0.2) is 54.2 Å². The van der Waals surface area contributed by atoms with E-state index in [1.165, 1.54) is 0 Å². The highest BCUT2D eigenvalue weighted by Crippen LogP contribution is 2.21. The van der Waals surface area contributed by atoms with E-state index in [2.05, 4.69) is 32.3 Å². The van der Waals surface area contributed by atoms with Crippen LogP contribution in [0.4, 0.5) is 11.8 Å². The zero-order chi connectivity index (χ0) is 14.9. The van der Waals surface area contributed by atoms with Gasteiger partial charge in [0.05, 0.1) is 17.7 Å². The van der Waals surface area contributed by atoms with Gasteiger partial charge in [-0.2, -0.15) is 10.1 Å². The standard InChI is InChI=1S/C13H21N5O2S/c1-10-2-5-18(6-3-10)13-16-12(8-14-17-13)15-11-4-7-21(19,20)9-11/h8,10-11H,2-7,9H2,1H3,(H,15,16,17). The first-order valence-electron chi connectivity index (χ1n) is 7.43. The number of hydrogen-bond acceptors (Lipinski definition) is 7. The lowest BCUT2D eigenvalue weighted by Gasteiger charge is -2.30. The fraction of sp³-hybridized carbons (Fsp3) is 0.769. The number of nitrogens with one attached hydrogen (secondary N) is 1. The predicted octanol–water partition coefficient (Wildman–Crippen LogP) is 0.707. The molecule has 0 aromatic carbocycles. The van der Waals surface area contributed by atoms with Gasteiger partial charge in [0.25, 0.3) is 0 Å². The van der Waals surface area contributed by atoms with Gasteiger partial charge in [-0.25, -0.2) is 8.42 Å². The summed E-state index contributed by atoms with van der Waals surface area (Å²) in [7, 11) is -2.89. The summed E-state index contributed by atoms with van der Waals surface area (Å²) in [6.07, 6.45) is 4.47. The first-order valence-corrected chi connectivity index (χ1v) is 9.25. The van der Waals surface area contributed by atoms with Gasteiger partial charge in [-0.3, -0.25) is 0 Å². The molecule has 0 bridgehead atoms. The van der Waals surface area contributed by atoms with E-state index in [0.29, 0.717) is 18.2 Å². The van der Waals surface area contributed by atoms with Gasteiger partial charge >= 0.3 is 0 Å². The fourth-order valence-corrected chi connectivity index (χ4v) is 4.50. The molecule has 116 valence electrons. The van der Waals surface area contributed by atoms with Crippen molar-refractivity contribution >= 4 is 21.6 Å². The molecule has 3 heterocycles. The molecule has 0 spiro atoms. The lowest BCUT2D eigenvalue weighted by Crippen LogP contribution is -2.34. The van der Waals surface area contributed by atoms with Gasteiger partial charge in [-0.1, -0.05) is 6.92 Å². The molecule has 21 heavy (non-hydrogen) atoms. The molecule has 1 aromatic rings. The van der Waals surface area contributed by atoms with Crippen LogP contribution in [0.2, 0.25) is 0 Å². The molecular formula is C13H21N5O2S. The number of nitrogens with zero attached hydrogens (tertiary/aromatic N) is 4. The molecule has 2 fully saturated rings. The third kappa shape index (κ3) is 3.61. The maximum Gasteiger partial charge on any atom is 0.247 e. The average Bonchev–Trinajstić information content (AvgIpc) is 2.79. The second-order valence-electron chi connectivity index (χ2n) is 6.06. The molecule has 0 aliphatic carbocycles. The zero-order valence-electron chi connectivity index (χ0n) is 12.2. The summed E-state index contributed by atoms with van der Waals surface area (Å²) in [5, 5.41) is 11.3. The highest BCUT2D eigenvalue weighted by atomic mass is 32.2. The van der Waals surface area contributed by atoms with Crippen LogP contribution in [0.15, 0.2) is 6.20 Å². The lowest BCUT2D eigenvalue weighted by molar-refractivity contribution is 0.433. The number of hydrogen-bond donors (Lipinski definition) is 1. The molecule has 8 heteroatoms. The molecular weight excluding hydrogens is 290 g/mol. The van der Waals surface area contributed by atoms with E-state index in [0.717, 1.165) is 31.8 Å². The largest absolute Gasteiger partial charge is 0.365 e. The Bertz CT molecular complexity index is 598. The minimum absolute atomic E-state index is 0.0686. The molecule has 0 amide bonds. The number of aromatic nitrogens is 3. The van der Waals surface area contributed by atoms with Crippen LogP contribution in [0.5, 0.6) is 0 Å². The van der Waals surface area contributed by atoms with Crippen molar-refractivity contribution in [1.29, 1.82) is 0 Å². The van der Waals surface area contributed by atoms with Gasteiger partial charge in [-0.15, -0.1) is 5.10 Å². The van der Waals surface area contributed by atoms with Gasteiger partial charge in [0.1, 0.15) is 0 Å². The van der Waals surface area contributed by atoms with Crippen molar-refractivity contribution in [3.05, 3.63) is 6.20 Å². The number of anilines is 2. The highest BCUT2D eigenvalue weighted by Gasteiger charge is 2.28. The molecule has 2 aliphatic heterocycles. The van der Waals surface area contributed by atoms with Gasteiger partial charge < -0.3 is 10.2 Å². The number of piperidine rings is 1. The van der Waals surface area contributed by atoms with Crippen LogP contribution in [0, 0.1) is 5.92 Å². The van der Waals surface area contributed by atoms with Gasteiger partial charge in [0.15, 0.2) is 15.7 Å². The summed E-state index contributed by atoms with van der Waals surface area (Å²) in [6, 6.07) is -0.0686. The maximum absolute atomic E-state index is 11.5. The van der Waals surface area contributed by atoms with Crippen molar-refractivity contribution in [1.82, 2.24) is 15.2 Å². The van der Waals surface area contributed by atoms with Crippen LogP contribution in [0.1, 0.15) is 26.2 Å². The molecule has 0 radical (unpaired) electrons. The van der Waals surface area contributed by atoms with Gasteiger partial charge in [0, 0.05) is 19.1 Å². The van der Waals surface area contributed by atoms with Crippen molar-refractivity contribution in [2.24, 2.45) is 5.92 Å². The monoisotopic (exact) mass is 311 g/mol. The molecule has 2 saturated heterocycles.